The third-order valence-electron chi connectivity index (χ3n) is 2.00. The molecule has 0 amide bonds. The van der Waals surface area contributed by atoms with Gasteiger partial charge >= 0.3 is 0 Å². The van der Waals surface area contributed by atoms with Crippen molar-refractivity contribution in [3.63, 3.8) is 0 Å². The SMILES string of the molecule is COCC(=O)Cn1ncc(N(C)C)cc1=O. The number of ketones is 1. The van der Waals surface area contributed by atoms with Gasteiger partial charge in [-0.3, -0.25) is 9.59 Å². The molecule has 0 spiro atoms. The van der Waals surface area contributed by atoms with Crippen molar-refractivity contribution < 1.29 is 9.53 Å². The van der Waals surface area contributed by atoms with Gasteiger partial charge in [0.1, 0.15) is 13.2 Å². The summed E-state index contributed by atoms with van der Waals surface area (Å²) in [6, 6.07) is 1.44. The number of Topliss-reactive ketones (excluding diaryl/α,β-unsaturated/α-hetero) is 1. The monoisotopic (exact) mass is 225 g/mol. The average molecular weight is 225 g/mol. The molecule has 6 nitrogen and oxygen atoms in total. The topological polar surface area (TPSA) is 64.4 Å². The molecule has 0 atom stereocenters. The fourth-order valence-corrected chi connectivity index (χ4v) is 1.16. The van der Waals surface area contributed by atoms with Gasteiger partial charge < -0.3 is 9.64 Å². The van der Waals surface area contributed by atoms with Crippen LogP contribution in [0.3, 0.4) is 0 Å². The number of carbonyl (C=O) groups is 1. The minimum atomic E-state index is -0.296. The minimum Gasteiger partial charge on any atom is -0.377 e. The van der Waals surface area contributed by atoms with Gasteiger partial charge in [0.05, 0.1) is 11.9 Å². The lowest BCUT2D eigenvalue weighted by molar-refractivity contribution is -0.123. The van der Waals surface area contributed by atoms with Crippen LogP contribution in [-0.4, -0.2) is 43.4 Å². The molecule has 0 aromatic carbocycles. The first-order chi connectivity index (χ1) is 7.54. The van der Waals surface area contributed by atoms with Gasteiger partial charge in [-0.2, -0.15) is 5.10 Å². The molecule has 0 unspecified atom stereocenters. The molecule has 0 fully saturated rings. The van der Waals surface area contributed by atoms with Crippen LogP contribution < -0.4 is 10.5 Å². The van der Waals surface area contributed by atoms with E-state index >= 15 is 0 Å². The minimum absolute atomic E-state index is 0.0104. The van der Waals surface area contributed by atoms with Gasteiger partial charge in [0, 0.05) is 27.3 Å². The predicted molar refractivity (Wildman–Crippen MR) is 59.7 cm³/mol. The molecule has 1 aromatic rings. The fourth-order valence-electron chi connectivity index (χ4n) is 1.16. The highest BCUT2D eigenvalue weighted by Crippen LogP contribution is 2.03. The van der Waals surface area contributed by atoms with Gasteiger partial charge in [-0.05, 0) is 0 Å². The summed E-state index contributed by atoms with van der Waals surface area (Å²) in [7, 11) is 5.07. The molecular formula is C10H15N3O3. The van der Waals surface area contributed by atoms with Crippen LogP contribution in [0, 0.1) is 0 Å². The summed E-state index contributed by atoms with van der Waals surface area (Å²) in [5, 5.41) is 3.91. The molecule has 88 valence electrons. The van der Waals surface area contributed by atoms with Crippen LogP contribution in [0.1, 0.15) is 0 Å². The second kappa shape index (κ2) is 5.41. The summed E-state index contributed by atoms with van der Waals surface area (Å²) in [5.41, 5.74) is 0.413. The molecule has 6 heteroatoms. The van der Waals surface area contributed by atoms with E-state index in [2.05, 4.69) is 9.84 Å². The highest BCUT2D eigenvalue weighted by atomic mass is 16.5. The highest BCUT2D eigenvalue weighted by Gasteiger charge is 2.06. The van der Waals surface area contributed by atoms with E-state index in [1.165, 1.54) is 13.2 Å². The predicted octanol–water partition coefficient (Wildman–Crippen LogP) is -0.475. The first-order valence-corrected chi connectivity index (χ1v) is 4.79. The zero-order valence-electron chi connectivity index (χ0n) is 9.64. The Kier molecular flexibility index (Phi) is 4.19. The van der Waals surface area contributed by atoms with Crippen molar-refractivity contribution in [2.75, 3.05) is 32.7 Å². The zero-order valence-corrected chi connectivity index (χ0v) is 9.64. The summed E-state index contributed by atoms with van der Waals surface area (Å²) < 4.78 is 5.80. The van der Waals surface area contributed by atoms with Crippen LogP contribution >= 0.6 is 0 Å². The molecule has 1 heterocycles. The van der Waals surface area contributed by atoms with Crippen molar-refractivity contribution in [3.05, 3.63) is 22.6 Å². The Morgan fingerprint density at radius 3 is 2.75 bits per heavy atom. The number of ether oxygens (including phenoxy) is 1. The number of anilines is 1. The molecule has 0 aliphatic rings. The largest absolute Gasteiger partial charge is 0.377 e. The van der Waals surface area contributed by atoms with Crippen molar-refractivity contribution in [2.24, 2.45) is 0 Å². The molecular weight excluding hydrogens is 210 g/mol. The Balaban J connectivity index is 2.83. The summed E-state index contributed by atoms with van der Waals surface area (Å²) in [5.74, 6) is -0.185. The molecule has 0 bridgehead atoms. The van der Waals surface area contributed by atoms with E-state index in [0.29, 0.717) is 5.69 Å². The van der Waals surface area contributed by atoms with Crippen LogP contribution in [0.2, 0.25) is 0 Å². The third kappa shape index (κ3) is 3.16. The molecule has 0 N–H and O–H groups in total. The number of carbonyl (C=O) groups excluding carboxylic acids is 1. The third-order valence-corrected chi connectivity index (χ3v) is 2.00. The summed E-state index contributed by atoms with van der Waals surface area (Å²) in [6.45, 7) is -0.0655. The number of hydrogen-bond donors (Lipinski definition) is 0. The van der Waals surface area contributed by atoms with E-state index in [1.54, 1.807) is 11.1 Å². The number of methoxy groups -OCH3 is 1. The molecule has 1 aromatic heterocycles. The van der Waals surface area contributed by atoms with Crippen LogP contribution in [0.25, 0.3) is 0 Å². The van der Waals surface area contributed by atoms with E-state index in [9.17, 15) is 9.59 Å². The van der Waals surface area contributed by atoms with E-state index in [-0.39, 0.29) is 24.5 Å². The Labute approximate surface area is 93.4 Å². The van der Waals surface area contributed by atoms with Gasteiger partial charge in [-0.15, -0.1) is 0 Å². The lowest BCUT2D eigenvalue weighted by Crippen LogP contribution is -2.28. The number of hydrogen-bond acceptors (Lipinski definition) is 5. The molecule has 0 aliphatic heterocycles. The maximum Gasteiger partial charge on any atom is 0.269 e. The first-order valence-electron chi connectivity index (χ1n) is 4.79. The average Bonchev–Trinajstić information content (AvgIpc) is 2.21. The Morgan fingerprint density at radius 1 is 1.56 bits per heavy atom. The van der Waals surface area contributed by atoms with Crippen LogP contribution in [-0.2, 0) is 16.1 Å². The standard InChI is InChI=1S/C10H15N3O3/c1-12(2)8-4-10(15)13(11-5-8)6-9(14)7-16-3/h4-5H,6-7H2,1-3H3. The van der Waals surface area contributed by atoms with E-state index in [0.717, 1.165) is 4.68 Å². The van der Waals surface area contributed by atoms with Crippen molar-refractivity contribution in [2.45, 2.75) is 6.54 Å². The lowest BCUT2D eigenvalue weighted by Gasteiger charge is -2.11. The lowest BCUT2D eigenvalue weighted by atomic mass is 10.4. The maximum atomic E-state index is 11.6. The van der Waals surface area contributed by atoms with Gasteiger partial charge in [0.2, 0.25) is 0 Å². The van der Waals surface area contributed by atoms with Gasteiger partial charge in [0.15, 0.2) is 5.78 Å². The fraction of sp³-hybridized carbons (Fsp3) is 0.500. The maximum absolute atomic E-state index is 11.6. The van der Waals surface area contributed by atoms with Crippen molar-refractivity contribution in [3.8, 4) is 0 Å². The van der Waals surface area contributed by atoms with Crippen molar-refractivity contribution >= 4 is 11.5 Å². The Bertz CT molecular complexity index is 426. The van der Waals surface area contributed by atoms with Gasteiger partial charge in [0.25, 0.3) is 5.56 Å². The first kappa shape index (κ1) is 12.4. The van der Waals surface area contributed by atoms with Crippen molar-refractivity contribution in [1.82, 2.24) is 9.78 Å². The molecule has 1 rings (SSSR count). The second-order valence-electron chi connectivity index (χ2n) is 3.58. The number of rotatable bonds is 5. The normalized spacial score (nSPS) is 10.2. The summed E-state index contributed by atoms with van der Waals surface area (Å²) in [6.07, 6.45) is 1.54. The van der Waals surface area contributed by atoms with E-state index in [1.807, 2.05) is 14.1 Å². The van der Waals surface area contributed by atoms with Crippen LogP contribution in [0.15, 0.2) is 17.1 Å². The highest BCUT2D eigenvalue weighted by molar-refractivity contribution is 5.79. The quantitative estimate of drug-likeness (QED) is 0.677. The second-order valence-corrected chi connectivity index (χ2v) is 3.58. The van der Waals surface area contributed by atoms with E-state index < -0.39 is 0 Å². The Morgan fingerprint density at radius 2 is 2.25 bits per heavy atom. The number of aromatic nitrogens is 2. The summed E-state index contributed by atoms with van der Waals surface area (Å²) >= 11 is 0. The zero-order chi connectivity index (χ0) is 12.1. The molecule has 0 saturated carbocycles. The smallest absolute Gasteiger partial charge is 0.269 e. The van der Waals surface area contributed by atoms with Crippen LogP contribution in [0.5, 0.6) is 0 Å². The molecule has 0 radical (unpaired) electrons. The molecule has 0 aliphatic carbocycles. The molecule has 16 heavy (non-hydrogen) atoms. The Hall–Kier alpha value is -1.69. The van der Waals surface area contributed by atoms with Crippen molar-refractivity contribution in [1.29, 1.82) is 0 Å². The number of nitrogens with zero attached hydrogens (tertiary/aromatic N) is 3. The van der Waals surface area contributed by atoms with Crippen LogP contribution in [0.4, 0.5) is 5.69 Å². The van der Waals surface area contributed by atoms with Gasteiger partial charge in [-0.1, -0.05) is 0 Å². The van der Waals surface area contributed by atoms with E-state index in [4.69, 9.17) is 0 Å². The van der Waals surface area contributed by atoms with Gasteiger partial charge in [-0.25, -0.2) is 4.68 Å². The molecule has 0 saturated heterocycles. The summed E-state index contributed by atoms with van der Waals surface area (Å²) in [4.78, 5) is 24.6.